The molecule has 0 saturated heterocycles. The lowest BCUT2D eigenvalue weighted by atomic mass is 9.94. The van der Waals surface area contributed by atoms with Gasteiger partial charge in [0, 0.05) is 18.8 Å². The number of amides is 1. The van der Waals surface area contributed by atoms with E-state index in [1.807, 2.05) is 55.5 Å². The van der Waals surface area contributed by atoms with Crippen LogP contribution in [-0.4, -0.2) is 37.8 Å². The van der Waals surface area contributed by atoms with Crippen molar-refractivity contribution in [3.8, 4) is 5.75 Å². The highest BCUT2D eigenvalue weighted by Gasteiger charge is 2.42. The first-order valence-electron chi connectivity index (χ1n) is 11.7. The van der Waals surface area contributed by atoms with Gasteiger partial charge < -0.3 is 9.64 Å². The number of anilines is 1. The van der Waals surface area contributed by atoms with Crippen LogP contribution in [0.5, 0.6) is 5.75 Å². The SMILES string of the molecule is CCOc1ccc(S(=O)(=O)N2Cc3ccccc3C[C@H]2C(=O)N2CCCc3ccccc32)cc1. The van der Waals surface area contributed by atoms with Gasteiger partial charge in [-0.05, 0) is 73.2 Å². The maximum absolute atomic E-state index is 14.0. The van der Waals surface area contributed by atoms with Crippen molar-refractivity contribution in [3.63, 3.8) is 0 Å². The van der Waals surface area contributed by atoms with Crippen molar-refractivity contribution in [3.05, 3.63) is 89.5 Å². The van der Waals surface area contributed by atoms with Gasteiger partial charge in [-0.25, -0.2) is 8.42 Å². The molecule has 2 aliphatic rings. The number of sulfonamides is 1. The third-order valence-electron chi connectivity index (χ3n) is 6.61. The fourth-order valence-electron chi connectivity index (χ4n) is 4.91. The van der Waals surface area contributed by atoms with Gasteiger partial charge in [-0.2, -0.15) is 4.31 Å². The maximum atomic E-state index is 14.0. The number of fused-ring (bicyclic) bond motifs is 2. The van der Waals surface area contributed by atoms with E-state index in [0.717, 1.165) is 35.2 Å². The predicted octanol–water partition coefficient (Wildman–Crippen LogP) is 4.18. The van der Waals surface area contributed by atoms with E-state index in [-0.39, 0.29) is 17.3 Å². The number of carbonyl (C=O) groups excluding carboxylic acids is 1. The van der Waals surface area contributed by atoms with Crippen molar-refractivity contribution in [2.75, 3.05) is 18.1 Å². The van der Waals surface area contributed by atoms with E-state index >= 15 is 0 Å². The summed E-state index contributed by atoms with van der Waals surface area (Å²) < 4.78 is 34.5. The van der Waals surface area contributed by atoms with Crippen LogP contribution in [0.1, 0.15) is 30.0 Å². The Morgan fingerprint density at radius 1 is 0.941 bits per heavy atom. The zero-order valence-electron chi connectivity index (χ0n) is 19.2. The molecule has 0 radical (unpaired) electrons. The molecular formula is C27H28N2O4S. The lowest BCUT2D eigenvalue weighted by molar-refractivity contribution is -0.122. The molecule has 34 heavy (non-hydrogen) atoms. The Kier molecular flexibility index (Phi) is 6.15. The van der Waals surface area contributed by atoms with Crippen LogP contribution in [0.15, 0.2) is 77.7 Å². The van der Waals surface area contributed by atoms with Gasteiger partial charge in [-0.1, -0.05) is 42.5 Å². The van der Waals surface area contributed by atoms with Crippen LogP contribution in [0.3, 0.4) is 0 Å². The van der Waals surface area contributed by atoms with Crippen molar-refractivity contribution in [1.29, 1.82) is 0 Å². The summed E-state index contributed by atoms with van der Waals surface area (Å²) in [6.07, 6.45) is 2.13. The summed E-state index contributed by atoms with van der Waals surface area (Å²) in [5, 5.41) is 0. The lowest BCUT2D eigenvalue weighted by Crippen LogP contribution is -2.54. The number of para-hydroxylation sites is 1. The van der Waals surface area contributed by atoms with Crippen LogP contribution in [0.4, 0.5) is 5.69 Å². The number of benzene rings is 3. The van der Waals surface area contributed by atoms with E-state index in [4.69, 9.17) is 4.74 Å². The molecule has 5 rings (SSSR count). The Bertz CT molecular complexity index is 1300. The Morgan fingerprint density at radius 3 is 2.35 bits per heavy atom. The smallest absolute Gasteiger partial charge is 0.245 e. The number of hydrogen-bond donors (Lipinski definition) is 0. The van der Waals surface area contributed by atoms with E-state index in [1.54, 1.807) is 29.2 Å². The van der Waals surface area contributed by atoms with E-state index < -0.39 is 16.1 Å². The van der Waals surface area contributed by atoms with Crippen LogP contribution in [0, 0.1) is 0 Å². The Balaban J connectivity index is 1.54. The van der Waals surface area contributed by atoms with Crippen LogP contribution < -0.4 is 9.64 Å². The average Bonchev–Trinajstić information content (AvgIpc) is 2.87. The highest BCUT2D eigenvalue weighted by Crippen LogP contribution is 2.33. The maximum Gasteiger partial charge on any atom is 0.245 e. The Hall–Kier alpha value is -3.16. The molecule has 2 heterocycles. The Morgan fingerprint density at radius 2 is 1.62 bits per heavy atom. The predicted molar refractivity (Wildman–Crippen MR) is 131 cm³/mol. The second-order valence-electron chi connectivity index (χ2n) is 8.67. The standard InChI is InChI=1S/C27H28N2O4S/c1-2-33-23-13-15-24(16-14-23)34(31,32)29-19-22-10-4-3-9-21(22)18-26(29)27(30)28-17-7-11-20-8-5-6-12-25(20)28/h3-6,8-10,12-16,26H,2,7,11,17-19H2,1H3/t26-/m0/s1. The molecule has 0 saturated carbocycles. The summed E-state index contributed by atoms with van der Waals surface area (Å²) in [5.74, 6) is 0.444. The normalized spacial score (nSPS) is 18.1. The molecule has 0 fully saturated rings. The number of aryl methyl sites for hydroxylation is 1. The molecule has 0 aromatic heterocycles. The molecule has 2 aliphatic heterocycles. The van der Waals surface area contributed by atoms with E-state index in [2.05, 4.69) is 0 Å². The third-order valence-corrected chi connectivity index (χ3v) is 8.48. The van der Waals surface area contributed by atoms with Gasteiger partial charge >= 0.3 is 0 Å². The number of hydrogen-bond acceptors (Lipinski definition) is 4. The van der Waals surface area contributed by atoms with Gasteiger partial charge in [0.15, 0.2) is 0 Å². The quantitative estimate of drug-likeness (QED) is 0.554. The molecule has 0 N–H and O–H groups in total. The number of ether oxygens (including phenoxy) is 1. The molecule has 0 unspecified atom stereocenters. The first-order chi connectivity index (χ1) is 16.5. The van der Waals surface area contributed by atoms with Crippen LogP contribution >= 0.6 is 0 Å². The lowest BCUT2D eigenvalue weighted by Gasteiger charge is -2.39. The first-order valence-corrected chi connectivity index (χ1v) is 13.1. The number of carbonyl (C=O) groups is 1. The second-order valence-corrected chi connectivity index (χ2v) is 10.6. The zero-order valence-corrected chi connectivity index (χ0v) is 20.0. The van der Waals surface area contributed by atoms with Gasteiger partial charge in [0.25, 0.3) is 0 Å². The molecule has 0 aliphatic carbocycles. The van der Waals surface area contributed by atoms with Gasteiger partial charge in [0.1, 0.15) is 11.8 Å². The third kappa shape index (κ3) is 4.10. The summed E-state index contributed by atoms with van der Waals surface area (Å²) in [6, 6.07) is 21.3. The first kappa shape index (κ1) is 22.6. The highest BCUT2D eigenvalue weighted by atomic mass is 32.2. The zero-order chi connectivity index (χ0) is 23.7. The molecular weight excluding hydrogens is 448 g/mol. The molecule has 3 aromatic rings. The number of rotatable bonds is 5. The highest BCUT2D eigenvalue weighted by molar-refractivity contribution is 7.89. The van der Waals surface area contributed by atoms with Crippen LogP contribution in [0.25, 0.3) is 0 Å². The fraction of sp³-hybridized carbons (Fsp3) is 0.296. The molecule has 1 atom stereocenters. The molecule has 176 valence electrons. The summed E-state index contributed by atoms with van der Waals surface area (Å²) in [4.78, 5) is 15.9. The summed E-state index contributed by atoms with van der Waals surface area (Å²) in [5.41, 5.74) is 3.96. The van der Waals surface area contributed by atoms with Crippen LogP contribution in [-0.2, 0) is 34.2 Å². The van der Waals surface area contributed by atoms with E-state index in [1.165, 1.54) is 4.31 Å². The van der Waals surface area contributed by atoms with Crippen molar-refractivity contribution < 1.29 is 17.9 Å². The molecule has 1 amide bonds. The minimum Gasteiger partial charge on any atom is -0.494 e. The topological polar surface area (TPSA) is 66.9 Å². The largest absolute Gasteiger partial charge is 0.494 e. The summed E-state index contributed by atoms with van der Waals surface area (Å²) in [7, 11) is -3.92. The van der Waals surface area contributed by atoms with Gasteiger partial charge in [0.2, 0.25) is 15.9 Å². The number of nitrogens with zero attached hydrogens (tertiary/aromatic N) is 2. The van der Waals surface area contributed by atoms with Crippen LogP contribution in [0.2, 0.25) is 0 Å². The monoisotopic (exact) mass is 476 g/mol. The van der Waals surface area contributed by atoms with Crippen molar-refractivity contribution in [1.82, 2.24) is 4.31 Å². The molecule has 6 nitrogen and oxygen atoms in total. The van der Waals surface area contributed by atoms with Crippen molar-refractivity contribution in [2.24, 2.45) is 0 Å². The van der Waals surface area contributed by atoms with E-state index in [0.29, 0.717) is 25.3 Å². The van der Waals surface area contributed by atoms with Crippen molar-refractivity contribution in [2.45, 2.75) is 43.7 Å². The fourth-order valence-corrected chi connectivity index (χ4v) is 6.47. The van der Waals surface area contributed by atoms with Gasteiger partial charge in [-0.3, -0.25) is 4.79 Å². The van der Waals surface area contributed by atoms with E-state index in [9.17, 15) is 13.2 Å². The molecule has 0 bridgehead atoms. The molecule has 0 spiro atoms. The molecule has 7 heteroatoms. The minimum absolute atomic E-state index is 0.159. The van der Waals surface area contributed by atoms with Gasteiger partial charge in [0.05, 0.1) is 11.5 Å². The second kappa shape index (κ2) is 9.24. The summed E-state index contributed by atoms with van der Waals surface area (Å²) >= 11 is 0. The minimum atomic E-state index is -3.92. The average molecular weight is 477 g/mol. The summed E-state index contributed by atoms with van der Waals surface area (Å²) in [6.45, 7) is 3.14. The molecule has 3 aromatic carbocycles. The van der Waals surface area contributed by atoms with Gasteiger partial charge in [-0.15, -0.1) is 0 Å². The Labute approximate surface area is 200 Å². The van der Waals surface area contributed by atoms with Crippen molar-refractivity contribution >= 4 is 21.6 Å².